The van der Waals surface area contributed by atoms with Crippen LogP contribution in [0.1, 0.15) is 24.2 Å². The zero-order chi connectivity index (χ0) is 21.5. The average Bonchev–Trinajstić information content (AvgIpc) is 2.69. The second-order valence-electron chi connectivity index (χ2n) is 6.08. The number of sulfonamides is 1. The van der Waals surface area contributed by atoms with Gasteiger partial charge < -0.3 is 10.1 Å². The number of rotatable bonds is 10. The summed E-state index contributed by atoms with van der Waals surface area (Å²) in [6.07, 6.45) is 0. The minimum atomic E-state index is -3.82. The second-order valence-corrected chi connectivity index (χ2v) is 10.2. The molecular weight excluding hydrogens is 416 g/mol. The molecule has 0 unspecified atom stereocenters. The fourth-order valence-corrected chi connectivity index (χ4v) is 4.11. The van der Waals surface area contributed by atoms with Gasteiger partial charge in [0, 0.05) is 23.5 Å². The highest BCUT2D eigenvalue weighted by atomic mass is 32.2. The average molecular weight is 441 g/mol. The van der Waals surface area contributed by atoms with Gasteiger partial charge in [-0.3, -0.25) is 9.52 Å². The molecule has 2 aromatic rings. The first-order valence-corrected chi connectivity index (χ1v) is 12.3. The van der Waals surface area contributed by atoms with Crippen molar-refractivity contribution in [2.24, 2.45) is 0 Å². The molecule has 0 radical (unpaired) electrons. The van der Waals surface area contributed by atoms with E-state index in [-0.39, 0.29) is 28.5 Å². The molecule has 0 atom stereocenters. The van der Waals surface area contributed by atoms with E-state index < -0.39 is 25.8 Å². The maximum Gasteiger partial charge on any atom is 0.261 e. The summed E-state index contributed by atoms with van der Waals surface area (Å²) in [6.45, 7) is 3.90. The number of sulfone groups is 1. The van der Waals surface area contributed by atoms with Gasteiger partial charge in [-0.05, 0) is 55.5 Å². The van der Waals surface area contributed by atoms with Crippen LogP contribution in [0.2, 0.25) is 0 Å². The van der Waals surface area contributed by atoms with Crippen molar-refractivity contribution in [1.82, 2.24) is 5.32 Å². The fraction of sp³-hybridized carbons (Fsp3) is 0.316. The molecule has 0 aliphatic carbocycles. The second kappa shape index (κ2) is 9.75. The highest BCUT2D eigenvalue weighted by Crippen LogP contribution is 2.20. The lowest BCUT2D eigenvalue weighted by atomic mass is 10.2. The Morgan fingerprint density at radius 3 is 2.10 bits per heavy atom. The summed E-state index contributed by atoms with van der Waals surface area (Å²) < 4.78 is 55.7. The zero-order valence-corrected chi connectivity index (χ0v) is 17.8. The molecule has 0 aromatic heterocycles. The van der Waals surface area contributed by atoms with Crippen LogP contribution >= 0.6 is 0 Å². The van der Waals surface area contributed by atoms with Crippen LogP contribution in [0.25, 0.3) is 0 Å². The van der Waals surface area contributed by atoms with Gasteiger partial charge in [0.25, 0.3) is 15.9 Å². The Kier molecular flexibility index (Phi) is 7.63. The van der Waals surface area contributed by atoms with Crippen molar-refractivity contribution >= 4 is 31.5 Å². The van der Waals surface area contributed by atoms with Crippen molar-refractivity contribution in [3.63, 3.8) is 0 Å². The van der Waals surface area contributed by atoms with Crippen molar-refractivity contribution in [2.45, 2.75) is 18.7 Å². The van der Waals surface area contributed by atoms with E-state index in [0.29, 0.717) is 18.0 Å². The molecule has 0 saturated heterocycles. The summed E-state index contributed by atoms with van der Waals surface area (Å²) in [4.78, 5) is 12.1. The van der Waals surface area contributed by atoms with Crippen LogP contribution in [0.15, 0.2) is 53.4 Å². The number of carbonyl (C=O) groups excluding carboxylic acids is 1. The molecular formula is C19H24N2O6S2. The third kappa shape index (κ3) is 6.75. The van der Waals surface area contributed by atoms with Crippen LogP contribution in [0.3, 0.4) is 0 Å². The maximum absolute atomic E-state index is 12.5. The lowest BCUT2D eigenvalue weighted by molar-refractivity contribution is 0.0956. The van der Waals surface area contributed by atoms with E-state index in [1.54, 1.807) is 24.3 Å². The Morgan fingerprint density at radius 1 is 0.931 bits per heavy atom. The molecule has 0 saturated carbocycles. The monoisotopic (exact) mass is 440 g/mol. The molecule has 0 fully saturated rings. The molecule has 2 rings (SSSR count). The quantitative estimate of drug-likeness (QED) is 0.584. The Morgan fingerprint density at radius 2 is 1.55 bits per heavy atom. The summed E-state index contributed by atoms with van der Waals surface area (Å²) in [5.41, 5.74) is 0.617. The largest absolute Gasteiger partial charge is 0.494 e. The molecule has 0 bridgehead atoms. The molecule has 1 amide bonds. The smallest absolute Gasteiger partial charge is 0.261 e. The molecule has 10 heteroatoms. The third-order valence-corrected chi connectivity index (χ3v) is 7.09. The highest BCUT2D eigenvalue weighted by Gasteiger charge is 2.16. The highest BCUT2D eigenvalue weighted by molar-refractivity contribution is 7.92. The molecule has 2 aromatic carbocycles. The van der Waals surface area contributed by atoms with Gasteiger partial charge in [-0.25, -0.2) is 16.8 Å². The topological polar surface area (TPSA) is 119 Å². The third-order valence-electron chi connectivity index (χ3n) is 3.98. The van der Waals surface area contributed by atoms with Crippen LogP contribution in [0.4, 0.5) is 5.69 Å². The summed E-state index contributed by atoms with van der Waals surface area (Å²) in [7, 11) is -6.99. The van der Waals surface area contributed by atoms with Crippen molar-refractivity contribution < 1.29 is 26.4 Å². The van der Waals surface area contributed by atoms with Crippen molar-refractivity contribution in [2.75, 3.05) is 29.4 Å². The van der Waals surface area contributed by atoms with Crippen molar-refractivity contribution in [3.05, 3.63) is 54.1 Å². The van der Waals surface area contributed by atoms with Crippen LogP contribution in [-0.4, -0.2) is 47.4 Å². The lowest BCUT2D eigenvalue weighted by Crippen LogP contribution is -2.29. The zero-order valence-electron chi connectivity index (χ0n) is 16.2. The molecule has 158 valence electrons. The number of hydrogen-bond donors (Lipinski definition) is 2. The summed E-state index contributed by atoms with van der Waals surface area (Å²) in [5, 5.41) is 2.51. The number of carbonyl (C=O) groups is 1. The van der Waals surface area contributed by atoms with E-state index in [9.17, 15) is 21.6 Å². The Balaban J connectivity index is 2.01. The molecule has 29 heavy (non-hydrogen) atoms. The van der Waals surface area contributed by atoms with Crippen LogP contribution in [0, 0.1) is 0 Å². The number of nitrogens with one attached hydrogen (secondary N) is 2. The number of anilines is 1. The van der Waals surface area contributed by atoms with Crippen LogP contribution in [-0.2, 0) is 19.9 Å². The minimum Gasteiger partial charge on any atom is -0.494 e. The first-order valence-electron chi connectivity index (χ1n) is 9.01. The molecule has 8 nitrogen and oxygen atoms in total. The van der Waals surface area contributed by atoms with Gasteiger partial charge in [0.05, 0.1) is 17.3 Å². The molecule has 0 heterocycles. The lowest BCUT2D eigenvalue weighted by Gasteiger charge is -2.10. The van der Waals surface area contributed by atoms with E-state index in [2.05, 4.69) is 10.0 Å². The van der Waals surface area contributed by atoms with Crippen LogP contribution in [0.5, 0.6) is 5.75 Å². The summed E-state index contributed by atoms with van der Waals surface area (Å²) in [5.74, 6) is 0.0297. The standard InChI is InChI=1S/C19H24N2O6S2/c1-3-27-17-9-7-16(8-10-17)21-29(25,26)18-11-5-15(6-12-18)19(22)20-13-14-28(23,24)4-2/h5-12,21H,3-4,13-14H2,1-2H3,(H,20,22). The Hall–Kier alpha value is -2.59. The SMILES string of the molecule is CCOc1ccc(NS(=O)(=O)c2ccc(C(=O)NCCS(=O)(=O)CC)cc2)cc1. The number of hydrogen-bond acceptors (Lipinski definition) is 6. The van der Waals surface area contributed by atoms with Gasteiger partial charge in [-0.2, -0.15) is 0 Å². The molecule has 0 aliphatic heterocycles. The fourth-order valence-electron chi connectivity index (χ4n) is 2.35. The predicted molar refractivity (Wildman–Crippen MR) is 112 cm³/mol. The van der Waals surface area contributed by atoms with Crippen molar-refractivity contribution in [3.8, 4) is 5.75 Å². The molecule has 0 spiro atoms. The Bertz CT molecular complexity index is 1030. The van der Waals surface area contributed by atoms with Gasteiger partial charge in [-0.15, -0.1) is 0 Å². The number of benzene rings is 2. The summed E-state index contributed by atoms with van der Waals surface area (Å²) in [6, 6.07) is 11.9. The first-order chi connectivity index (χ1) is 13.7. The van der Waals surface area contributed by atoms with E-state index in [4.69, 9.17) is 4.74 Å². The van der Waals surface area contributed by atoms with E-state index in [1.165, 1.54) is 31.2 Å². The van der Waals surface area contributed by atoms with Crippen LogP contribution < -0.4 is 14.8 Å². The minimum absolute atomic E-state index is 0.00324. The molecule has 0 aliphatic rings. The maximum atomic E-state index is 12.5. The van der Waals surface area contributed by atoms with Gasteiger partial charge in [0.1, 0.15) is 5.75 Å². The van der Waals surface area contributed by atoms with E-state index in [1.807, 2.05) is 6.92 Å². The number of amides is 1. The van der Waals surface area contributed by atoms with Crippen molar-refractivity contribution in [1.29, 1.82) is 0 Å². The summed E-state index contributed by atoms with van der Waals surface area (Å²) >= 11 is 0. The van der Waals surface area contributed by atoms with Gasteiger partial charge in [0.15, 0.2) is 9.84 Å². The Labute approximate surface area is 171 Å². The first kappa shape index (κ1) is 22.7. The van der Waals surface area contributed by atoms with E-state index in [0.717, 1.165) is 0 Å². The number of ether oxygens (including phenoxy) is 1. The normalized spacial score (nSPS) is 11.7. The predicted octanol–water partition coefficient (Wildman–Crippen LogP) is 2.05. The molecule has 2 N–H and O–H groups in total. The van der Waals surface area contributed by atoms with E-state index >= 15 is 0 Å². The van der Waals surface area contributed by atoms with Gasteiger partial charge in [-0.1, -0.05) is 6.92 Å². The van der Waals surface area contributed by atoms with Gasteiger partial charge >= 0.3 is 0 Å². The van der Waals surface area contributed by atoms with Gasteiger partial charge in [0.2, 0.25) is 0 Å².